The lowest BCUT2D eigenvalue weighted by molar-refractivity contribution is -0.144. The van der Waals surface area contributed by atoms with Gasteiger partial charge in [0, 0.05) is 0 Å². The summed E-state index contributed by atoms with van der Waals surface area (Å²) in [5.74, 6) is 0.972. The maximum atomic E-state index is 11.7. The van der Waals surface area contributed by atoms with Crippen LogP contribution in [0.25, 0.3) is 11.1 Å². The highest BCUT2D eigenvalue weighted by Gasteiger charge is 2.15. The van der Waals surface area contributed by atoms with Gasteiger partial charge in [-0.2, -0.15) is 0 Å². The van der Waals surface area contributed by atoms with E-state index in [1.165, 1.54) is 0 Å². The number of nitrogens with two attached hydrogens (primary N) is 1. The van der Waals surface area contributed by atoms with Gasteiger partial charge in [-0.3, -0.25) is 4.79 Å². The van der Waals surface area contributed by atoms with E-state index in [-0.39, 0.29) is 5.97 Å². The minimum Gasteiger partial charge on any atom is -0.493 e. The third-order valence-corrected chi connectivity index (χ3v) is 3.69. The topological polar surface area (TPSA) is 70.8 Å². The molecule has 0 amide bonds. The number of benzene rings is 2. The summed E-state index contributed by atoms with van der Waals surface area (Å²) in [6.07, 6.45) is 0.431. The van der Waals surface area contributed by atoms with Gasteiger partial charge in [0.15, 0.2) is 11.5 Å². The maximum Gasteiger partial charge on any atom is 0.323 e. The van der Waals surface area contributed by atoms with Crippen molar-refractivity contribution in [3.8, 4) is 22.6 Å². The summed E-state index contributed by atoms with van der Waals surface area (Å²) in [7, 11) is 3.21. The van der Waals surface area contributed by atoms with Crippen molar-refractivity contribution in [3.05, 3.63) is 48.0 Å². The predicted molar refractivity (Wildman–Crippen MR) is 93.3 cm³/mol. The molecule has 2 aromatic rings. The second kappa shape index (κ2) is 8.36. The van der Waals surface area contributed by atoms with Gasteiger partial charge in [-0.25, -0.2) is 0 Å². The molecule has 0 aliphatic heterocycles. The SMILES string of the molecule is CCOC(=O)C(N)Cc1cccc(-c2ccc(OC)c(OC)c2)c1. The van der Waals surface area contributed by atoms with Crippen LogP contribution in [-0.4, -0.2) is 32.8 Å². The Morgan fingerprint density at radius 3 is 2.42 bits per heavy atom. The van der Waals surface area contributed by atoms with Gasteiger partial charge in [0.25, 0.3) is 0 Å². The third kappa shape index (κ3) is 4.26. The molecule has 1 atom stereocenters. The van der Waals surface area contributed by atoms with Crippen LogP contribution in [0.5, 0.6) is 11.5 Å². The molecule has 0 radical (unpaired) electrons. The average Bonchev–Trinajstić information content (AvgIpc) is 2.61. The van der Waals surface area contributed by atoms with Crippen molar-refractivity contribution in [1.82, 2.24) is 0 Å². The van der Waals surface area contributed by atoms with Crippen molar-refractivity contribution < 1.29 is 19.0 Å². The zero-order valence-corrected chi connectivity index (χ0v) is 14.2. The zero-order chi connectivity index (χ0) is 17.5. The molecule has 0 saturated carbocycles. The molecule has 128 valence electrons. The van der Waals surface area contributed by atoms with Crippen molar-refractivity contribution in [2.45, 2.75) is 19.4 Å². The summed E-state index contributed by atoms with van der Waals surface area (Å²) < 4.78 is 15.6. The number of hydrogen-bond acceptors (Lipinski definition) is 5. The Balaban J connectivity index is 2.22. The highest BCUT2D eigenvalue weighted by atomic mass is 16.5. The number of rotatable bonds is 7. The number of ether oxygens (including phenoxy) is 3. The molecule has 5 nitrogen and oxygen atoms in total. The summed E-state index contributed by atoms with van der Waals surface area (Å²) in [4.78, 5) is 11.7. The van der Waals surface area contributed by atoms with Crippen LogP contribution in [-0.2, 0) is 16.0 Å². The molecule has 2 aromatic carbocycles. The summed E-state index contributed by atoms with van der Waals surface area (Å²) in [5.41, 5.74) is 8.89. The lowest BCUT2D eigenvalue weighted by Gasteiger charge is -2.13. The van der Waals surface area contributed by atoms with E-state index in [0.29, 0.717) is 24.5 Å². The molecule has 1 unspecified atom stereocenters. The van der Waals surface area contributed by atoms with Crippen LogP contribution >= 0.6 is 0 Å². The van der Waals surface area contributed by atoms with E-state index >= 15 is 0 Å². The van der Waals surface area contributed by atoms with Gasteiger partial charge >= 0.3 is 5.97 Å². The Labute approximate surface area is 142 Å². The van der Waals surface area contributed by atoms with E-state index in [2.05, 4.69) is 0 Å². The van der Waals surface area contributed by atoms with Crippen LogP contribution in [0.2, 0.25) is 0 Å². The van der Waals surface area contributed by atoms with E-state index in [4.69, 9.17) is 19.9 Å². The van der Waals surface area contributed by atoms with Gasteiger partial charge in [-0.15, -0.1) is 0 Å². The fraction of sp³-hybridized carbons (Fsp3) is 0.316. The van der Waals surface area contributed by atoms with Crippen LogP contribution in [0.4, 0.5) is 0 Å². The highest BCUT2D eigenvalue weighted by molar-refractivity contribution is 5.76. The monoisotopic (exact) mass is 329 g/mol. The van der Waals surface area contributed by atoms with Gasteiger partial charge in [0.05, 0.1) is 20.8 Å². The van der Waals surface area contributed by atoms with Crippen LogP contribution < -0.4 is 15.2 Å². The minimum absolute atomic E-state index is 0.332. The van der Waals surface area contributed by atoms with Gasteiger partial charge < -0.3 is 19.9 Å². The quantitative estimate of drug-likeness (QED) is 0.791. The molecule has 0 saturated heterocycles. The molecular formula is C19H23NO4. The van der Waals surface area contributed by atoms with E-state index in [1.54, 1.807) is 21.1 Å². The van der Waals surface area contributed by atoms with Crippen molar-refractivity contribution in [2.75, 3.05) is 20.8 Å². The second-order valence-corrected chi connectivity index (χ2v) is 5.33. The molecule has 0 aliphatic rings. The number of carbonyl (C=O) groups is 1. The Bertz CT molecular complexity index is 700. The van der Waals surface area contributed by atoms with Crippen LogP contribution in [0.3, 0.4) is 0 Å². The molecule has 2 rings (SSSR count). The van der Waals surface area contributed by atoms with Gasteiger partial charge in [-0.05, 0) is 42.2 Å². The summed E-state index contributed by atoms with van der Waals surface area (Å²) in [6.45, 7) is 2.10. The molecule has 0 fully saturated rings. The van der Waals surface area contributed by atoms with Gasteiger partial charge in [0.2, 0.25) is 0 Å². The van der Waals surface area contributed by atoms with Crippen LogP contribution in [0, 0.1) is 0 Å². The summed E-state index contributed by atoms with van der Waals surface area (Å²) in [6, 6.07) is 13.0. The fourth-order valence-corrected chi connectivity index (χ4v) is 2.48. The summed E-state index contributed by atoms with van der Waals surface area (Å²) in [5, 5.41) is 0. The Morgan fingerprint density at radius 2 is 1.75 bits per heavy atom. The molecule has 0 bridgehead atoms. The Morgan fingerprint density at radius 1 is 1.04 bits per heavy atom. The van der Waals surface area contributed by atoms with E-state index in [9.17, 15) is 4.79 Å². The standard InChI is InChI=1S/C19H23NO4/c1-4-24-19(21)16(20)11-13-6-5-7-14(10-13)15-8-9-17(22-2)18(12-15)23-3/h5-10,12,16H,4,11,20H2,1-3H3. The second-order valence-electron chi connectivity index (χ2n) is 5.33. The molecule has 2 N–H and O–H groups in total. The fourth-order valence-electron chi connectivity index (χ4n) is 2.48. The average molecular weight is 329 g/mol. The van der Waals surface area contributed by atoms with E-state index in [0.717, 1.165) is 16.7 Å². The zero-order valence-electron chi connectivity index (χ0n) is 14.2. The number of methoxy groups -OCH3 is 2. The minimum atomic E-state index is -0.661. The Kier molecular flexibility index (Phi) is 6.21. The predicted octanol–water partition coefficient (Wildman–Crippen LogP) is 2.80. The molecule has 0 spiro atoms. The molecule has 0 heterocycles. The first-order valence-electron chi connectivity index (χ1n) is 7.82. The molecular weight excluding hydrogens is 306 g/mol. The number of hydrogen-bond donors (Lipinski definition) is 1. The number of esters is 1. The third-order valence-electron chi connectivity index (χ3n) is 3.69. The molecule has 24 heavy (non-hydrogen) atoms. The van der Waals surface area contributed by atoms with Crippen LogP contribution in [0.1, 0.15) is 12.5 Å². The first-order chi connectivity index (χ1) is 11.6. The first kappa shape index (κ1) is 17.8. The lowest BCUT2D eigenvalue weighted by Crippen LogP contribution is -2.34. The summed E-state index contributed by atoms with van der Waals surface area (Å²) >= 11 is 0. The number of carbonyl (C=O) groups excluding carboxylic acids is 1. The van der Waals surface area contributed by atoms with E-state index < -0.39 is 6.04 Å². The van der Waals surface area contributed by atoms with Crippen molar-refractivity contribution in [3.63, 3.8) is 0 Å². The first-order valence-corrected chi connectivity index (χ1v) is 7.82. The van der Waals surface area contributed by atoms with Crippen molar-refractivity contribution >= 4 is 5.97 Å². The van der Waals surface area contributed by atoms with Gasteiger partial charge in [0.1, 0.15) is 6.04 Å². The van der Waals surface area contributed by atoms with Crippen LogP contribution in [0.15, 0.2) is 42.5 Å². The largest absolute Gasteiger partial charge is 0.493 e. The molecule has 0 aromatic heterocycles. The van der Waals surface area contributed by atoms with Gasteiger partial charge in [-0.1, -0.05) is 30.3 Å². The van der Waals surface area contributed by atoms with Crippen molar-refractivity contribution in [1.29, 1.82) is 0 Å². The lowest BCUT2D eigenvalue weighted by atomic mass is 9.99. The highest BCUT2D eigenvalue weighted by Crippen LogP contribution is 2.32. The smallest absolute Gasteiger partial charge is 0.323 e. The Hall–Kier alpha value is -2.53. The van der Waals surface area contributed by atoms with E-state index in [1.807, 2.05) is 42.5 Å². The van der Waals surface area contributed by atoms with Crippen molar-refractivity contribution in [2.24, 2.45) is 5.73 Å². The normalized spacial score (nSPS) is 11.7. The molecule has 5 heteroatoms. The maximum absolute atomic E-state index is 11.7. The molecule has 0 aliphatic carbocycles.